The molecule has 1 aromatic heterocycles. The number of amides is 2. The fourth-order valence-electron chi connectivity index (χ4n) is 3.58. The van der Waals surface area contributed by atoms with Gasteiger partial charge >= 0.3 is 0 Å². The topological polar surface area (TPSA) is 87.5 Å². The number of carbonyl (C=O) groups is 2. The van der Waals surface area contributed by atoms with Crippen molar-refractivity contribution >= 4 is 11.8 Å². The number of aryl methyl sites for hydroxylation is 1. The minimum Gasteiger partial charge on any atom is -0.384 e. The zero-order chi connectivity index (χ0) is 17.3. The highest BCUT2D eigenvalue weighted by Crippen LogP contribution is 2.34. The Morgan fingerprint density at radius 1 is 1.46 bits per heavy atom. The van der Waals surface area contributed by atoms with Crippen molar-refractivity contribution in [1.29, 1.82) is 0 Å². The van der Waals surface area contributed by atoms with Gasteiger partial charge in [0.25, 0.3) is 5.91 Å². The van der Waals surface area contributed by atoms with E-state index in [0.29, 0.717) is 11.5 Å². The maximum Gasteiger partial charge on any atom is 0.254 e. The van der Waals surface area contributed by atoms with Gasteiger partial charge in [-0.1, -0.05) is 19.4 Å². The lowest BCUT2D eigenvalue weighted by Gasteiger charge is -2.46. The Morgan fingerprint density at radius 2 is 2.12 bits per heavy atom. The molecule has 1 saturated heterocycles. The second kappa shape index (κ2) is 6.39. The van der Waals surface area contributed by atoms with Gasteiger partial charge in [-0.2, -0.15) is 5.10 Å². The van der Waals surface area contributed by atoms with Crippen LogP contribution in [-0.4, -0.2) is 56.8 Å². The number of hydrogen-bond donors (Lipinski definition) is 2. The zero-order valence-corrected chi connectivity index (χ0v) is 14.0. The molecule has 2 N–H and O–H groups in total. The summed E-state index contributed by atoms with van der Waals surface area (Å²) in [4.78, 5) is 25.4. The molecule has 0 radical (unpaired) electrons. The highest BCUT2D eigenvalue weighted by molar-refractivity contribution is 5.95. The molecular formula is C17H24N4O3. The summed E-state index contributed by atoms with van der Waals surface area (Å²) in [6.07, 6.45) is 7.45. The molecule has 24 heavy (non-hydrogen) atoms. The normalized spacial score (nSPS) is 19.8. The van der Waals surface area contributed by atoms with E-state index in [4.69, 9.17) is 0 Å². The monoisotopic (exact) mass is 332 g/mol. The van der Waals surface area contributed by atoms with Gasteiger partial charge in [-0.3, -0.25) is 14.3 Å². The first-order valence-electron chi connectivity index (χ1n) is 8.37. The van der Waals surface area contributed by atoms with E-state index in [1.54, 1.807) is 10.9 Å². The summed E-state index contributed by atoms with van der Waals surface area (Å²) in [6.45, 7) is 3.96. The van der Waals surface area contributed by atoms with Gasteiger partial charge in [-0.15, -0.1) is 0 Å². The fraction of sp³-hybridized carbons (Fsp3) is 0.588. The van der Waals surface area contributed by atoms with Gasteiger partial charge in [0.1, 0.15) is 5.60 Å². The number of aromatic nitrogens is 2. The van der Waals surface area contributed by atoms with Crippen LogP contribution in [0, 0.1) is 0 Å². The Labute approximate surface area is 141 Å². The molecule has 1 aromatic rings. The standard InChI is InChI=1S/C17H24N4O3/c1-3-14(22)21-10-17(24,11-21)9-18-16(23)13-8-20(2)19-15(13)12-6-4-5-7-12/h3,8,12,24H,1,4-7,9-11H2,2H3,(H,18,23). The van der Waals surface area contributed by atoms with Gasteiger partial charge in [0.15, 0.2) is 0 Å². The Bertz CT molecular complexity index is 655. The Kier molecular flexibility index (Phi) is 4.45. The molecule has 7 nitrogen and oxygen atoms in total. The predicted molar refractivity (Wildman–Crippen MR) is 88.5 cm³/mol. The van der Waals surface area contributed by atoms with Crippen molar-refractivity contribution in [2.75, 3.05) is 19.6 Å². The quantitative estimate of drug-likeness (QED) is 0.772. The molecule has 1 saturated carbocycles. The summed E-state index contributed by atoms with van der Waals surface area (Å²) in [5.74, 6) is -0.0758. The van der Waals surface area contributed by atoms with Crippen molar-refractivity contribution in [3.63, 3.8) is 0 Å². The van der Waals surface area contributed by atoms with Crippen LogP contribution in [0.4, 0.5) is 0 Å². The molecule has 2 aliphatic rings. The van der Waals surface area contributed by atoms with Crippen molar-refractivity contribution in [3.05, 3.63) is 30.1 Å². The van der Waals surface area contributed by atoms with E-state index in [-0.39, 0.29) is 31.4 Å². The Balaban J connectivity index is 1.60. The molecule has 0 bridgehead atoms. The van der Waals surface area contributed by atoms with E-state index < -0.39 is 5.60 Å². The molecule has 2 fully saturated rings. The molecule has 7 heteroatoms. The average Bonchev–Trinajstić information content (AvgIpc) is 3.18. The van der Waals surface area contributed by atoms with Crippen LogP contribution in [0.2, 0.25) is 0 Å². The second-order valence-electron chi connectivity index (χ2n) is 6.89. The number of hydrogen-bond acceptors (Lipinski definition) is 4. The van der Waals surface area contributed by atoms with Crippen LogP contribution in [-0.2, 0) is 11.8 Å². The lowest BCUT2D eigenvalue weighted by molar-refractivity contribution is -0.148. The molecule has 130 valence electrons. The summed E-state index contributed by atoms with van der Waals surface area (Å²) in [7, 11) is 1.81. The molecule has 2 amide bonds. The molecule has 2 heterocycles. The van der Waals surface area contributed by atoms with Crippen molar-refractivity contribution in [3.8, 4) is 0 Å². The summed E-state index contributed by atoms with van der Waals surface area (Å²) in [5, 5.41) is 17.6. The fourth-order valence-corrected chi connectivity index (χ4v) is 3.58. The predicted octanol–water partition coefficient (Wildman–Crippen LogP) is 0.567. The molecule has 1 aliphatic heterocycles. The van der Waals surface area contributed by atoms with Gasteiger partial charge in [0.2, 0.25) is 5.91 Å². The van der Waals surface area contributed by atoms with Crippen LogP contribution in [0.3, 0.4) is 0 Å². The van der Waals surface area contributed by atoms with Gasteiger partial charge in [-0.25, -0.2) is 0 Å². The van der Waals surface area contributed by atoms with Crippen molar-refractivity contribution < 1.29 is 14.7 Å². The summed E-state index contributed by atoms with van der Waals surface area (Å²) in [5.41, 5.74) is 0.382. The van der Waals surface area contributed by atoms with Crippen LogP contribution >= 0.6 is 0 Å². The highest BCUT2D eigenvalue weighted by Gasteiger charge is 2.43. The van der Waals surface area contributed by atoms with Gasteiger partial charge in [0.05, 0.1) is 30.9 Å². The van der Waals surface area contributed by atoms with E-state index in [1.165, 1.54) is 23.8 Å². The lowest BCUT2D eigenvalue weighted by atomic mass is 9.93. The first-order valence-corrected chi connectivity index (χ1v) is 8.37. The first-order chi connectivity index (χ1) is 11.4. The number of aliphatic hydroxyl groups is 1. The summed E-state index contributed by atoms with van der Waals surface area (Å²) in [6, 6.07) is 0. The second-order valence-corrected chi connectivity index (χ2v) is 6.89. The average molecular weight is 332 g/mol. The number of nitrogens with zero attached hydrogens (tertiary/aromatic N) is 3. The third-order valence-electron chi connectivity index (χ3n) is 4.88. The van der Waals surface area contributed by atoms with E-state index in [9.17, 15) is 14.7 Å². The maximum absolute atomic E-state index is 12.5. The minimum atomic E-state index is -1.07. The van der Waals surface area contributed by atoms with Crippen LogP contribution in [0.1, 0.15) is 47.7 Å². The van der Waals surface area contributed by atoms with E-state index >= 15 is 0 Å². The molecular weight excluding hydrogens is 308 g/mol. The lowest BCUT2D eigenvalue weighted by Crippen LogP contribution is -2.67. The maximum atomic E-state index is 12.5. The van der Waals surface area contributed by atoms with Crippen LogP contribution < -0.4 is 5.32 Å². The SMILES string of the molecule is C=CC(=O)N1CC(O)(CNC(=O)c2cn(C)nc2C2CCCC2)C1. The smallest absolute Gasteiger partial charge is 0.254 e. The van der Waals surface area contributed by atoms with Gasteiger partial charge in [-0.05, 0) is 18.9 Å². The van der Waals surface area contributed by atoms with Crippen LogP contribution in [0.15, 0.2) is 18.9 Å². The molecule has 1 aliphatic carbocycles. The number of likely N-dealkylation sites (tertiary alicyclic amines) is 1. The van der Waals surface area contributed by atoms with Gasteiger partial charge < -0.3 is 15.3 Å². The van der Waals surface area contributed by atoms with E-state index in [0.717, 1.165) is 18.5 Å². The van der Waals surface area contributed by atoms with E-state index in [1.807, 2.05) is 7.05 Å². The zero-order valence-electron chi connectivity index (χ0n) is 14.0. The molecule has 0 unspecified atom stereocenters. The number of rotatable bonds is 5. The van der Waals surface area contributed by atoms with Crippen molar-refractivity contribution in [1.82, 2.24) is 20.0 Å². The Morgan fingerprint density at radius 3 is 2.75 bits per heavy atom. The summed E-state index contributed by atoms with van der Waals surface area (Å²) < 4.78 is 1.67. The highest BCUT2D eigenvalue weighted by atomic mass is 16.3. The number of nitrogens with one attached hydrogen (secondary N) is 1. The molecule has 0 aromatic carbocycles. The Hall–Kier alpha value is -2.15. The summed E-state index contributed by atoms with van der Waals surface area (Å²) >= 11 is 0. The third-order valence-corrected chi connectivity index (χ3v) is 4.88. The van der Waals surface area contributed by atoms with Gasteiger partial charge in [0, 0.05) is 19.2 Å². The largest absolute Gasteiger partial charge is 0.384 e. The number of β-amino-alcohol motifs (C(OH)–C–C–N with tert-alkyl or cyclic N) is 1. The van der Waals surface area contributed by atoms with Crippen molar-refractivity contribution in [2.24, 2.45) is 7.05 Å². The third kappa shape index (κ3) is 3.21. The minimum absolute atomic E-state index is 0.117. The number of carbonyl (C=O) groups excluding carboxylic acids is 2. The molecule has 3 rings (SSSR count). The molecule has 0 spiro atoms. The molecule has 0 atom stereocenters. The van der Waals surface area contributed by atoms with Crippen molar-refractivity contribution in [2.45, 2.75) is 37.2 Å². The van der Waals surface area contributed by atoms with Crippen LogP contribution in [0.5, 0.6) is 0 Å². The van der Waals surface area contributed by atoms with E-state index in [2.05, 4.69) is 17.0 Å². The van der Waals surface area contributed by atoms with Crippen LogP contribution in [0.25, 0.3) is 0 Å². The first kappa shape index (κ1) is 16.7.